The molecule has 1 aromatic carbocycles. The van der Waals surface area contributed by atoms with Gasteiger partial charge in [0.2, 0.25) is 5.91 Å². The number of hydrogen-bond donors (Lipinski definition) is 1. The zero-order chi connectivity index (χ0) is 24.7. The lowest BCUT2D eigenvalue weighted by atomic mass is 9.64. The number of carbonyl (C=O) groups is 1. The Kier molecular flexibility index (Phi) is 6.85. The van der Waals surface area contributed by atoms with Crippen LogP contribution in [0, 0.1) is 11.8 Å². The molecule has 2 aliphatic carbocycles. The number of aryl methyl sites for hydroxylation is 1. The average Bonchev–Trinajstić information content (AvgIpc) is 3.32. The number of amides is 1. The maximum atomic E-state index is 14.7. The minimum atomic E-state index is -0.157. The van der Waals surface area contributed by atoms with Crippen molar-refractivity contribution in [1.82, 2.24) is 15.2 Å². The Morgan fingerprint density at radius 2 is 1.86 bits per heavy atom. The van der Waals surface area contributed by atoms with Crippen LogP contribution < -0.4 is 5.32 Å². The molecule has 3 fully saturated rings. The summed E-state index contributed by atoms with van der Waals surface area (Å²) < 4.78 is 0. The van der Waals surface area contributed by atoms with Crippen LogP contribution in [0.2, 0.25) is 5.15 Å². The van der Waals surface area contributed by atoms with Gasteiger partial charge in [0.05, 0.1) is 5.92 Å². The van der Waals surface area contributed by atoms with Crippen LogP contribution in [0.3, 0.4) is 0 Å². The highest BCUT2D eigenvalue weighted by Crippen LogP contribution is 2.48. The molecule has 4 aliphatic rings. The smallest absolute Gasteiger partial charge is 0.228 e. The molecule has 2 saturated heterocycles. The van der Waals surface area contributed by atoms with Gasteiger partial charge < -0.3 is 10.2 Å². The number of piperidine rings is 1. The first kappa shape index (κ1) is 24.4. The van der Waals surface area contributed by atoms with Crippen LogP contribution in [-0.2, 0) is 16.6 Å². The van der Waals surface area contributed by atoms with Crippen molar-refractivity contribution in [2.45, 2.75) is 94.5 Å². The second-order valence-corrected chi connectivity index (χ2v) is 12.3. The number of pyridine rings is 1. The zero-order valence-corrected chi connectivity index (χ0v) is 22.4. The van der Waals surface area contributed by atoms with E-state index in [1.165, 1.54) is 43.2 Å². The molecule has 1 saturated carbocycles. The van der Waals surface area contributed by atoms with Crippen molar-refractivity contribution >= 4 is 17.5 Å². The molecule has 36 heavy (non-hydrogen) atoms. The van der Waals surface area contributed by atoms with Crippen LogP contribution in [0.5, 0.6) is 0 Å². The van der Waals surface area contributed by atoms with Crippen molar-refractivity contribution in [1.29, 1.82) is 0 Å². The van der Waals surface area contributed by atoms with Gasteiger partial charge in [-0.1, -0.05) is 67.3 Å². The molecule has 6 rings (SSSR count). The molecule has 1 spiro atoms. The molecule has 5 atom stereocenters. The zero-order valence-electron chi connectivity index (χ0n) is 21.6. The number of benzene rings is 1. The molecule has 4 nitrogen and oxygen atoms in total. The van der Waals surface area contributed by atoms with E-state index in [4.69, 9.17) is 16.6 Å². The third kappa shape index (κ3) is 4.28. The summed E-state index contributed by atoms with van der Waals surface area (Å²) in [6, 6.07) is 15.7. The van der Waals surface area contributed by atoms with Gasteiger partial charge in [-0.25, -0.2) is 4.98 Å². The molecule has 0 radical (unpaired) electrons. The molecule has 3 heterocycles. The first-order valence-electron chi connectivity index (χ1n) is 14.3. The highest BCUT2D eigenvalue weighted by molar-refractivity contribution is 6.29. The fourth-order valence-electron chi connectivity index (χ4n) is 8.30. The summed E-state index contributed by atoms with van der Waals surface area (Å²) in [5.74, 6) is 1.52. The molecule has 0 bridgehead atoms. The van der Waals surface area contributed by atoms with E-state index < -0.39 is 0 Å². The molecule has 2 aromatic rings. The molecule has 5 heteroatoms. The van der Waals surface area contributed by atoms with Gasteiger partial charge in [0.25, 0.3) is 0 Å². The Bertz CT molecular complexity index is 1080. The summed E-state index contributed by atoms with van der Waals surface area (Å²) in [6.45, 7) is 3.94. The van der Waals surface area contributed by atoms with E-state index in [1.807, 2.05) is 6.07 Å². The number of halogens is 1. The Morgan fingerprint density at radius 3 is 2.67 bits per heavy atom. The Balaban J connectivity index is 1.34. The monoisotopic (exact) mass is 505 g/mol. The van der Waals surface area contributed by atoms with Gasteiger partial charge in [-0.3, -0.25) is 4.79 Å². The minimum absolute atomic E-state index is 0.0265. The second kappa shape index (κ2) is 10.1. The largest absolute Gasteiger partial charge is 0.336 e. The second-order valence-electron chi connectivity index (χ2n) is 12.0. The van der Waals surface area contributed by atoms with E-state index in [0.29, 0.717) is 28.9 Å². The summed E-state index contributed by atoms with van der Waals surface area (Å²) in [5.41, 5.74) is 3.66. The number of fused-ring (bicyclic) bond motifs is 2. The Hall–Kier alpha value is -1.91. The standard InChI is InChI=1S/C31H40ClN3O/c1-21-17-24(22-9-4-2-5-10-22)18-28(23-11-6-3-7-12-23)35(21)30(36)26-19-33-20-31(26)16-8-13-27-25(31)14-15-29(32)34-27/h2,4-5,9-10,14-15,21,23-24,26,28,33H,3,6-8,11-13,16-20H2,1H3/t21?,24-,26+,28+,31+/m1/s1. The first-order valence-corrected chi connectivity index (χ1v) is 14.7. The number of hydrogen-bond acceptors (Lipinski definition) is 3. The maximum Gasteiger partial charge on any atom is 0.228 e. The van der Waals surface area contributed by atoms with Gasteiger partial charge in [0, 0.05) is 36.3 Å². The number of carbonyl (C=O) groups excluding carboxylic acids is 1. The number of rotatable bonds is 3. The fraction of sp³-hybridized carbons (Fsp3) is 0.613. The first-order chi connectivity index (χ1) is 17.6. The van der Waals surface area contributed by atoms with Crippen LogP contribution in [0.1, 0.15) is 87.4 Å². The fourth-order valence-corrected chi connectivity index (χ4v) is 8.47. The van der Waals surface area contributed by atoms with E-state index in [2.05, 4.69) is 53.5 Å². The molecule has 1 aromatic heterocycles. The maximum absolute atomic E-state index is 14.7. The van der Waals surface area contributed by atoms with Crippen molar-refractivity contribution in [3.63, 3.8) is 0 Å². The predicted molar refractivity (Wildman–Crippen MR) is 145 cm³/mol. The Morgan fingerprint density at radius 1 is 1.06 bits per heavy atom. The van der Waals surface area contributed by atoms with E-state index in [0.717, 1.165) is 50.9 Å². The predicted octanol–water partition coefficient (Wildman–Crippen LogP) is 6.27. The third-order valence-electron chi connectivity index (χ3n) is 9.97. The number of nitrogens with one attached hydrogen (secondary N) is 1. The normalized spacial score (nSPS) is 33.0. The van der Waals surface area contributed by atoms with Gasteiger partial charge in [-0.05, 0) is 80.9 Å². The van der Waals surface area contributed by atoms with E-state index in [-0.39, 0.29) is 17.4 Å². The van der Waals surface area contributed by atoms with Crippen molar-refractivity contribution in [2.75, 3.05) is 13.1 Å². The van der Waals surface area contributed by atoms with Gasteiger partial charge >= 0.3 is 0 Å². The molecular formula is C31H40ClN3O. The van der Waals surface area contributed by atoms with E-state index >= 15 is 0 Å². The van der Waals surface area contributed by atoms with E-state index in [9.17, 15) is 4.79 Å². The molecule has 1 unspecified atom stereocenters. The van der Waals surface area contributed by atoms with Crippen LogP contribution in [0.4, 0.5) is 0 Å². The molecular weight excluding hydrogens is 466 g/mol. The number of likely N-dealkylation sites (tertiary alicyclic amines) is 1. The molecule has 1 amide bonds. The van der Waals surface area contributed by atoms with Gasteiger partial charge in [-0.2, -0.15) is 0 Å². The SMILES string of the molecule is CC1C[C@@H](c2ccccc2)C[C@@H](C2CCCCC2)N1C(=O)[C@@H]1CNC[C@]12CCCc1nc(Cl)ccc12. The van der Waals surface area contributed by atoms with Crippen molar-refractivity contribution < 1.29 is 4.79 Å². The van der Waals surface area contributed by atoms with Crippen molar-refractivity contribution in [2.24, 2.45) is 11.8 Å². The lowest BCUT2D eigenvalue weighted by Crippen LogP contribution is -2.58. The lowest BCUT2D eigenvalue weighted by Gasteiger charge is -2.50. The van der Waals surface area contributed by atoms with E-state index in [1.54, 1.807) is 0 Å². The summed E-state index contributed by atoms with van der Waals surface area (Å²) >= 11 is 6.28. The van der Waals surface area contributed by atoms with Crippen LogP contribution in [0.15, 0.2) is 42.5 Å². The molecule has 192 valence electrons. The average molecular weight is 506 g/mol. The Labute approximate surface area is 221 Å². The van der Waals surface area contributed by atoms with Crippen molar-refractivity contribution in [3.05, 3.63) is 64.4 Å². The van der Waals surface area contributed by atoms with Crippen LogP contribution in [-0.4, -0.2) is 41.0 Å². The van der Waals surface area contributed by atoms with Gasteiger partial charge in [0.1, 0.15) is 5.15 Å². The topological polar surface area (TPSA) is 45.2 Å². The van der Waals surface area contributed by atoms with Crippen molar-refractivity contribution in [3.8, 4) is 0 Å². The summed E-state index contributed by atoms with van der Waals surface area (Å²) in [5, 5.41) is 4.21. The third-order valence-corrected chi connectivity index (χ3v) is 10.2. The lowest BCUT2D eigenvalue weighted by molar-refractivity contribution is -0.146. The number of nitrogens with zero attached hydrogens (tertiary/aromatic N) is 2. The summed E-state index contributed by atoms with van der Waals surface area (Å²) in [6.07, 6.45) is 11.7. The molecule has 2 aliphatic heterocycles. The highest BCUT2D eigenvalue weighted by Gasteiger charge is 2.53. The van der Waals surface area contributed by atoms with Gasteiger partial charge in [-0.15, -0.1) is 0 Å². The summed E-state index contributed by atoms with van der Waals surface area (Å²) in [7, 11) is 0. The van der Waals surface area contributed by atoms with Crippen LogP contribution >= 0.6 is 11.6 Å². The highest BCUT2D eigenvalue weighted by atomic mass is 35.5. The minimum Gasteiger partial charge on any atom is -0.336 e. The van der Waals surface area contributed by atoms with Gasteiger partial charge in [0.15, 0.2) is 0 Å². The quantitative estimate of drug-likeness (QED) is 0.500. The summed E-state index contributed by atoms with van der Waals surface area (Å²) in [4.78, 5) is 21.8. The molecule has 1 N–H and O–H groups in total. The number of aromatic nitrogens is 1. The van der Waals surface area contributed by atoms with Crippen LogP contribution in [0.25, 0.3) is 0 Å².